The molecule has 0 atom stereocenters. The second-order valence-corrected chi connectivity index (χ2v) is 4.91. The Kier molecular flexibility index (Phi) is 6.19. The maximum absolute atomic E-state index is 12.0. The van der Waals surface area contributed by atoms with Crippen molar-refractivity contribution in [3.8, 4) is 17.9 Å². The Labute approximate surface area is 140 Å². The molecule has 24 heavy (non-hydrogen) atoms. The number of anilines is 2. The largest absolute Gasteiger partial charge is 0.493 e. The number of amides is 2. The van der Waals surface area contributed by atoms with Crippen LogP contribution in [-0.2, 0) is 0 Å². The van der Waals surface area contributed by atoms with Crippen LogP contribution in [0.4, 0.5) is 16.2 Å². The zero-order chi connectivity index (χ0) is 17.2. The van der Waals surface area contributed by atoms with Crippen LogP contribution in [0.5, 0.6) is 5.75 Å². The van der Waals surface area contributed by atoms with E-state index in [1.807, 2.05) is 6.07 Å². The Morgan fingerprint density at radius 3 is 2.46 bits per heavy atom. The van der Waals surface area contributed by atoms with Crippen molar-refractivity contribution in [1.82, 2.24) is 0 Å². The van der Waals surface area contributed by atoms with E-state index in [2.05, 4.69) is 16.7 Å². The predicted octanol–water partition coefficient (Wildman–Crippen LogP) is 3.88. The van der Waals surface area contributed by atoms with E-state index in [1.165, 1.54) is 0 Å². The fourth-order valence-electron chi connectivity index (χ4n) is 1.96. The van der Waals surface area contributed by atoms with E-state index in [0.29, 0.717) is 42.1 Å². The minimum atomic E-state index is -0.410. The summed E-state index contributed by atoms with van der Waals surface area (Å²) in [5.74, 6) is 0.622. The highest BCUT2D eigenvalue weighted by atomic mass is 16.5. The van der Waals surface area contributed by atoms with Gasteiger partial charge in [-0.25, -0.2) is 4.79 Å². The van der Waals surface area contributed by atoms with E-state index < -0.39 is 6.03 Å². The minimum absolute atomic E-state index is 0.410. The maximum atomic E-state index is 12.0. The molecule has 0 unspecified atom stereocenters. The number of carbonyl (C=O) groups excluding carboxylic acids is 1. The average molecular weight is 320 g/mol. The van der Waals surface area contributed by atoms with Crippen LogP contribution in [0.3, 0.4) is 0 Å². The van der Waals surface area contributed by atoms with E-state index in [1.54, 1.807) is 48.5 Å². The van der Waals surface area contributed by atoms with Crippen molar-refractivity contribution in [3.05, 3.63) is 54.1 Å². The van der Waals surface area contributed by atoms with Crippen molar-refractivity contribution < 1.29 is 9.53 Å². The molecule has 6 nitrogen and oxygen atoms in total. The first-order valence-electron chi connectivity index (χ1n) is 7.39. The van der Waals surface area contributed by atoms with Gasteiger partial charge in [0, 0.05) is 23.9 Å². The molecule has 0 aromatic heterocycles. The van der Waals surface area contributed by atoms with Gasteiger partial charge < -0.3 is 15.4 Å². The molecule has 2 amide bonds. The first-order valence-corrected chi connectivity index (χ1v) is 7.39. The van der Waals surface area contributed by atoms with E-state index in [4.69, 9.17) is 15.3 Å². The zero-order valence-corrected chi connectivity index (χ0v) is 13.0. The number of nitrogens with zero attached hydrogens (tertiary/aromatic N) is 2. The Morgan fingerprint density at radius 1 is 1.04 bits per heavy atom. The maximum Gasteiger partial charge on any atom is 0.323 e. The smallest absolute Gasteiger partial charge is 0.323 e. The lowest BCUT2D eigenvalue weighted by molar-refractivity contribution is 0.262. The van der Waals surface area contributed by atoms with Crippen LogP contribution in [0.1, 0.15) is 18.4 Å². The molecule has 0 saturated heterocycles. The highest BCUT2D eigenvalue weighted by Crippen LogP contribution is 2.18. The number of urea groups is 1. The van der Waals surface area contributed by atoms with E-state index >= 15 is 0 Å². The molecule has 2 rings (SSSR count). The summed E-state index contributed by atoms with van der Waals surface area (Å²) in [6.07, 6.45) is 1.10. The molecule has 0 radical (unpaired) electrons. The second kappa shape index (κ2) is 8.82. The first-order chi connectivity index (χ1) is 11.7. The molecule has 2 aromatic rings. The van der Waals surface area contributed by atoms with Gasteiger partial charge in [-0.15, -0.1) is 0 Å². The van der Waals surface area contributed by atoms with Crippen molar-refractivity contribution >= 4 is 17.4 Å². The molecular weight excluding hydrogens is 304 g/mol. The van der Waals surface area contributed by atoms with Crippen molar-refractivity contribution in [2.75, 3.05) is 17.2 Å². The molecular formula is C18H16N4O2. The molecule has 6 heteroatoms. The minimum Gasteiger partial charge on any atom is -0.493 e. The molecule has 0 spiro atoms. The monoisotopic (exact) mass is 320 g/mol. The SMILES string of the molecule is N#CCCCOc1cccc(NC(=O)Nc2cccc(C#N)c2)c1. The summed E-state index contributed by atoms with van der Waals surface area (Å²) in [6, 6.07) is 17.3. The molecule has 0 aliphatic heterocycles. The summed E-state index contributed by atoms with van der Waals surface area (Å²) in [7, 11) is 0. The Balaban J connectivity index is 1.91. The second-order valence-electron chi connectivity index (χ2n) is 4.91. The number of carbonyl (C=O) groups is 1. The number of benzene rings is 2. The van der Waals surface area contributed by atoms with Gasteiger partial charge >= 0.3 is 6.03 Å². The van der Waals surface area contributed by atoms with Gasteiger partial charge in [-0.1, -0.05) is 12.1 Å². The molecule has 2 N–H and O–H groups in total. The number of nitrogens with one attached hydrogen (secondary N) is 2. The number of hydrogen-bond donors (Lipinski definition) is 2. The van der Waals surface area contributed by atoms with E-state index in [0.717, 1.165) is 0 Å². The van der Waals surface area contributed by atoms with Crippen molar-refractivity contribution in [3.63, 3.8) is 0 Å². The summed E-state index contributed by atoms with van der Waals surface area (Å²) in [5.41, 5.74) is 1.60. The van der Waals surface area contributed by atoms with Crippen LogP contribution in [0, 0.1) is 22.7 Å². The van der Waals surface area contributed by atoms with Gasteiger partial charge in [-0.05, 0) is 36.8 Å². The lowest BCUT2D eigenvalue weighted by atomic mass is 10.2. The molecule has 120 valence electrons. The normalized spacial score (nSPS) is 9.42. The molecule has 2 aromatic carbocycles. The van der Waals surface area contributed by atoms with Gasteiger partial charge in [0.1, 0.15) is 5.75 Å². The molecule has 0 fully saturated rings. The number of unbranched alkanes of at least 4 members (excludes halogenated alkanes) is 1. The van der Waals surface area contributed by atoms with Gasteiger partial charge in [-0.2, -0.15) is 10.5 Å². The topological polar surface area (TPSA) is 97.9 Å². The predicted molar refractivity (Wildman–Crippen MR) is 90.6 cm³/mol. The molecule has 0 saturated carbocycles. The van der Waals surface area contributed by atoms with E-state index in [9.17, 15) is 4.79 Å². The van der Waals surface area contributed by atoms with Gasteiger partial charge in [-0.3, -0.25) is 0 Å². The summed E-state index contributed by atoms with van der Waals surface area (Å²) >= 11 is 0. The summed E-state index contributed by atoms with van der Waals surface area (Å²) < 4.78 is 5.52. The number of nitriles is 2. The van der Waals surface area contributed by atoms with E-state index in [-0.39, 0.29) is 0 Å². The lowest BCUT2D eigenvalue weighted by Gasteiger charge is -2.10. The third-order valence-electron chi connectivity index (χ3n) is 3.04. The van der Waals surface area contributed by atoms with Gasteiger partial charge in [0.15, 0.2) is 0 Å². The fraction of sp³-hybridized carbons (Fsp3) is 0.167. The van der Waals surface area contributed by atoms with Crippen LogP contribution < -0.4 is 15.4 Å². The third-order valence-corrected chi connectivity index (χ3v) is 3.04. The van der Waals surface area contributed by atoms with Gasteiger partial charge in [0.05, 0.1) is 24.3 Å². The average Bonchev–Trinajstić information content (AvgIpc) is 2.59. The number of ether oxygens (including phenoxy) is 1. The van der Waals surface area contributed by atoms with Crippen LogP contribution in [0.25, 0.3) is 0 Å². The fourth-order valence-corrected chi connectivity index (χ4v) is 1.96. The highest BCUT2D eigenvalue weighted by molar-refractivity contribution is 5.99. The standard InChI is InChI=1S/C18H16N4O2/c19-9-1-2-10-24-17-8-4-7-16(12-17)22-18(23)21-15-6-3-5-14(11-15)13-20/h3-8,11-12H,1-2,10H2,(H2,21,22,23). The Hall–Kier alpha value is -3.51. The summed E-state index contributed by atoms with van der Waals surface area (Å²) in [5, 5.41) is 22.7. The summed E-state index contributed by atoms with van der Waals surface area (Å²) in [4.78, 5) is 12.0. The molecule has 0 aliphatic rings. The third kappa shape index (κ3) is 5.36. The Bertz CT molecular complexity index is 790. The van der Waals surface area contributed by atoms with Crippen LogP contribution in [-0.4, -0.2) is 12.6 Å². The number of hydrogen-bond acceptors (Lipinski definition) is 4. The van der Waals surface area contributed by atoms with Crippen LogP contribution >= 0.6 is 0 Å². The summed E-state index contributed by atoms with van der Waals surface area (Å²) in [6.45, 7) is 0.449. The molecule has 0 heterocycles. The van der Waals surface area contributed by atoms with Crippen molar-refractivity contribution in [2.45, 2.75) is 12.8 Å². The van der Waals surface area contributed by atoms with Crippen LogP contribution in [0.2, 0.25) is 0 Å². The Morgan fingerprint density at radius 2 is 1.75 bits per heavy atom. The van der Waals surface area contributed by atoms with Crippen molar-refractivity contribution in [1.29, 1.82) is 10.5 Å². The highest BCUT2D eigenvalue weighted by Gasteiger charge is 2.04. The first kappa shape index (κ1) is 16.9. The van der Waals surface area contributed by atoms with Crippen LogP contribution in [0.15, 0.2) is 48.5 Å². The van der Waals surface area contributed by atoms with Crippen molar-refractivity contribution in [2.24, 2.45) is 0 Å². The zero-order valence-electron chi connectivity index (χ0n) is 13.0. The van der Waals surface area contributed by atoms with Gasteiger partial charge in [0.2, 0.25) is 0 Å². The molecule has 0 aliphatic carbocycles. The molecule has 0 bridgehead atoms. The number of rotatable bonds is 6. The lowest BCUT2D eigenvalue weighted by Crippen LogP contribution is -2.19. The van der Waals surface area contributed by atoms with Gasteiger partial charge in [0.25, 0.3) is 0 Å². The quantitative estimate of drug-likeness (QED) is 0.789.